The van der Waals surface area contributed by atoms with Crippen LogP contribution in [0.4, 0.5) is 0 Å². The van der Waals surface area contributed by atoms with E-state index in [9.17, 15) is 9.59 Å². The van der Waals surface area contributed by atoms with E-state index in [-0.39, 0.29) is 12.1 Å². The molecule has 1 unspecified atom stereocenters. The van der Waals surface area contributed by atoms with Crippen molar-refractivity contribution < 1.29 is 19.4 Å². The Hall–Kier alpha value is -1.73. The molecule has 116 valence electrons. The van der Waals surface area contributed by atoms with Crippen molar-refractivity contribution in [1.29, 1.82) is 0 Å². The molecule has 0 saturated carbocycles. The number of nitrogens with zero attached hydrogens (tertiary/aromatic N) is 2. The second-order valence-corrected chi connectivity index (χ2v) is 5.39. The van der Waals surface area contributed by atoms with Crippen molar-refractivity contribution in [1.82, 2.24) is 9.55 Å². The molecule has 1 aliphatic rings. The van der Waals surface area contributed by atoms with E-state index < -0.39 is 11.6 Å². The third kappa shape index (κ3) is 3.14. The number of aromatic nitrogens is 2. The van der Waals surface area contributed by atoms with E-state index in [4.69, 9.17) is 14.6 Å². The van der Waals surface area contributed by atoms with Gasteiger partial charge in [-0.25, -0.2) is 4.79 Å². The van der Waals surface area contributed by atoms with Gasteiger partial charge in [-0.1, -0.05) is 0 Å². The molecule has 7 heteroatoms. The molecule has 1 saturated heterocycles. The first-order valence-corrected chi connectivity index (χ1v) is 6.80. The van der Waals surface area contributed by atoms with E-state index in [1.54, 1.807) is 21.0 Å². The van der Waals surface area contributed by atoms with Gasteiger partial charge < -0.3 is 14.6 Å². The number of methoxy groups -OCH3 is 1. The lowest BCUT2D eigenvalue weighted by Gasteiger charge is -2.28. The Kier molecular flexibility index (Phi) is 4.43. The standard InChI is InChI=1S/C14H20N2O5/c1-9-11(6-12(17)18)10(2)16(13(19)15-9)7-14(20-3)4-5-21-8-14/h4-8H2,1-3H3,(H,17,18). The van der Waals surface area contributed by atoms with Crippen LogP contribution in [-0.2, 0) is 27.2 Å². The molecule has 0 aromatic carbocycles. The lowest BCUT2D eigenvalue weighted by molar-refractivity contribution is -0.136. The van der Waals surface area contributed by atoms with E-state index >= 15 is 0 Å². The highest BCUT2D eigenvalue weighted by molar-refractivity contribution is 5.70. The average Bonchev–Trinajstić information content (AvgIpc) is 2.89. The van der Waals surface area contributed by atoms with Gasteiger partial charge in [-0.15, -0.1) is 0 Å². The molecule has 0 amide bonds. The van der Waals surface area contributed by atoms with Gasteiger partial charge in [0.2, 0.25) is 0 Å². The van der Waals surface area contributed by atoms with Crippen LogP contribution in [0, 0.1) is 13.8 Å². The maximum atomic E-state index is 12.2. The maximum Gasteiger partial charge on any atom is 0.348 e. The number of carboxylic acid groups (broad SMARTS) is 1. The fourth-order valence-electron chi connectivity index (χ4n) is 2.66. The number of hydrogen-bond acceptors (Lipinski definition) is 5. The van der Waals surface area contributed by atoms with Gasteiger partial charge in [-0.2, -0.15) is 4.98 Å². The predicted molar refractivity (Wildman–Crippen MR) is 74.5 cm³/mol. The fourth-order valence-corrected chi connectivity index (χ4v) is 2.66. The normalized spacial score (nSPS) is 21.7. The van der Waals surface area contributed by atoms with Crippen LogP contribution in [0.1, 0.15) is 23.4 Å². The third-order valence-corrected chi connectivity index (χ3v) is 4.05. The molecule has 0 radical (unpaired) electrons. The van der Waals surface area contributed by atoms with E-state index in [2.05, 4.69) is 4.98 Å². The smallest absolute Gasteiger partial charge is 0.348 e. The van der Waals surface area contributed by atoms with E-state index in [1.807, 2.05) is 0 Å². The van der Waals surface area contributed by atoms with Crippen molar-refractivity contribution >= 4 is 5.97 Å². The summed E-state index contributed by atoms with van der Waals surface area (Å²) in [5.74, 6) is -0.946. The molecule has 2 rings (SSSR count). The van der Waals surface area contributed by atoms with Crippen LogP contribution in [0.2, 0.25) is 0 Å². The third-order valence-electron chi connectivity index (χ3n) is 4.05. The van der Waals surface area contributed by atoms with E-state index in [0.29, 0.717) is 43.1 Å². The summed E-state index contributed by atoms with van der Waals surface area (Å²) in [4.78, 5) is 27.1. The first-order chi connectivity index (χ1) is 9.88. The number of hydrogen-bond donors (Lipinski definition) is 1. The van der Waals surface area contributed by atoms with Gasteiger partial charge in [-0.3, -0.25) is 9.36 Å². The molecule has 0 spiro atoms. The molecule has 1 aromatic rings. The number of carboxylic acids is 1. The Labute approximate surface area is 122 Å². The van der Waals surface area contributed by atoms with Gasteiger partial charge in [0.05, 0.1) is 19.6 Å². The molecule has 1 fully saturated rings. The molecule has 0 bridgehead atoms. The largest absolute Gasteiger partial charge is 0.481 e. The van der Waals surface area contributed by atoms with Gasteiger partial charge in [-0.05, 0) is 13.8 Å². The van der Waals surface area contributed by atoms with Crippen LogP contribution in [0.25, 0.3) is 0 Å². The van der Waals surface area contributed by atoms with Gasteiger partial charge in [0.25, 0.3) is 0 Å². The monoisotopic (exact) mass is 296 g/mol. The molecular weight excluding hydrogens is 276 g/mol. The SMILES string of the molecule is COC1(Cn2c(C)c(CC(=O)O)c(C)nc2=O)CCOC1. The number of carbonyl (C=O) groups is 1. The van der Waals surface area contributed by atoms with Crippen LogP contribution >= 0.6 is 0 Å². The summed E-state index contributed by atoms with van der Waals surface area (Å²) in [5, 5.41) is 9.00. The van der Waals surface area contributed by atoms with E-state index in [1.165, 1.54) is 4.57 Å². The summed E-state index contributed by atoms with van der Waals surface area (Å²) >= 11 is 0. The van der Waals surface area contributed by atoms with Crippen molar-refractivity contribution in [3.8, 4) is 0 Å². The van der Waals surface area contributed by atoms with Crippen LogP contribution < -0.4 is 5.69 Å². The number of aliphatic carboxylic acids is 1. The lowest BCUT2D eigenvalue weighted by Crippen LogP contribution is -2.42. The van der Waals surface area contributed by atoms with Gasteiger partial charge in [0.1, 0.15) is 5.60 Å². The Balaban J connectivity index is 2.43. The molecule has 2 heterocycles. The quantitative estimate of drug-likeness (QED) is 0.840. The molecular formula is C14H20N2O5. The zero-order chi connectivity index (χ0) is 15.6. The summed E-state index contributed by atoms with van der Waals surface area (Å²) in [6.45, 7) is 4.71. The minimum absolute atomic E-state index is 0.151. The Morgan fingerprint density at radius 1 is 1.52 bits per heavy atom. The second kappa shape index (κ2) is 5.95. The molecule has 21 heavy (non-hydrogen) atoms. The van der Waals surface area contributed by atoms with Gasteiger partial charge >= 0.3 is 11.7 Å². The minimum Gasteiger partial charge on any atom is -0.481 e. The summed E-state index contributed by atoms with van der Waals surface area (Å²) in [7, 11) is 1.59. The summed E-state index contributed by atoms with van der Waals surface area (Å²) < 4.78 is 12.4. The van der Waals surface area contributed by atoms with Crippen molar-refractivity contribution in [2.24, 2.45) is 0 Å². The van der Waals surface area contributed by atoms with Crippen molar-refractivity contribution in [3.05, 3.63) is 27.4 Å². The van der Waals surface area contributed by atoms with Crippen molar-refractivity contribution in [2.45, 2.75) is 38.8 Å². The Morgan fingerprint density at radius 2 is 2.24 bits per heavy atom. The van der Waals surface area contributed by atoms with Crippen molar-refractivity contribution in [2.75, 3.05) is 20.3 Å². The van der Waals surface area contributed by atoms with Crippen LogP contribution in [-0.4, -0.2) is 46.6 Å². The maximum absolute atomic E-state index is 12.2. The fraction of sp³-hybridized carbons (Fsp3) is 0.643. The van der Waals surface area contributed by atoms with Crippen LogP contribution in [0.15, 0.2) is 4.79 Å². The molecule has 7 nitrogen and oxygen atoms in total. The zero-order valence-corrected chi connectivity index (χ0v) is 12.5. The summed E-state index contributed by atoms with van der Waals surface area (Å²) in [6, 6.07) is 0. The highest BCUT2D eigenvalue weighted by Gasteiger charge is 2.36. The molecule has 1 aromatic heterocycles. The van der Waals surface area contributed by atoms with Gasteiger partial charge in [0.15, 0.2) is 0 Å². The Morgan fingerprint density at radius 3 is 2.76 bits per heavy atom. The highest BCUT2D eigenvalue weighted by atomic mass is 16.5. The topological polar surface area (TPSA) is 90.6 Å². The van der Waals surface area contributed by atoms with Crippen LogP contribution in [0.5, 0.6) is 0 Å². The number of aryl methyl sites for hydroxylation is 1. The zero-order valence-electron chi connectivity index (χ0n) is 12.5. The lowest BCUT2D eigenvalue weighted by atomic mass is 10.0. The average molecular weight is 296 g/mol. The minimum atomic E-state index is -0.946. The highest BCUT2D eigenvalue weighted by Crippen LogP contribution is 2.25. The summed E-state index contributed by atoms with van der Waals surface area (Å²) in [5.41, 5.74) is 0.727. The first kappa shape index (κ1) is 15.7. The van der Waals surface area contributed by atoms with Crippen LogP contribution in [0.3, 0.4) is 0 Å². The second-order valence-electron chi connectivity index (χ2n) is 5.39. The van der Waals surface area contributed by atoms with E-state index in [0.717, 1.165) is 0 Å². The molecule has 0 aliphatic carbocycles. The van der Waals surface area contributed by atoms with Crippen molar-refractivity contribution in [3.63, 3.8) is 0 Å². The predicted octanol–water partition coefficient (Wildman–Crippen LogP) is 0.293. The molecule has 1 N–H and O–H groups in total. The number of ether oxygens (including phenoxy) is 2. The number of rotatable bonds is 5. The Bertz CT molecular complexity index is 602. The first-order valence-electron chi connectivity index (χ1n) is 6.80. The molecule has 1 atom stereocenters. The summed E-state index contributed by atoms with van der Waals surface area (Å²) in [6.07, 6.45) is 0.541. The van der Waals surface area contributed by atoms with Gasteiger partial charge in [0, 0.05) is 37.1 Å². The molecule has 1 aliphatic heterocycles.